The average molecular weight is 398 g/mol. The summed E-state index contributed by atoms with van der Waals surface area (Å²) in [4.78, 5) is 16.5. The Balaban J connectivity index is 1.89. The number of carbonyl (C=O) groups is 1. The Morgan fingerprint density at radius 1 is 1.30 bits per heavy atom. The molecule has 0 spiro atoms. The number of amides is 1. The van der Waals surface area contributed by atoms with Gasteiger partial charge in [0.25, 0.3) is 5.91 Å². The molecule has 3 aromatic heterocycles. The van der Waals surface area contributed by atoms with Gasteiger partial charge in [-0.25, -0.2) is 4.98 Å². The van der Waals surface area contributed by atoms with E-state index in [-0.39, 0.29) is 17.0 Å². The quantitative estimate of drug-likeness (QED) is 0.718. The number of hydrogen-bond donors (Lipinski definition) is 1. The summed E-state index contributed by atoms with van der Waals surface area (Å²) in [6.45, 7) is 4.77. The van der Waals surface area contributed by atoms with E-state index in [4.69, 9.17) is 4.42 Å². The summed E-state index contributed by atoms with van der Waals surface area (Å²) in [5.41, 5.74) is 0.385. The second kappa shape index (κ2) is 6.84. The molecule has 10 heteroatoms. The summed E-state index contributed by atoms with van der Waals surface area (Å²) < 4.78 is 47.7. The first-order valence-corrected chi connectivity index (χ1v) is 8.86. The fourth-order valence-electron chi connectivity index (χ4n) is 2.77. The summed E-state index contributed by atoms with van der Waals surface area (Å²) in [5.74, 6) is 0.222. The lowest BCUT2D eigenvalue weighted by atomic mass is 10.0. The Morgan fingerprint density at radius 3 is 2.52 bits per heavy atom. The highest BCUT2D eigenvalue weighted by molar-refractivity contribution is 7.13. The molecule has 0 aromatic carbocycles. The Kier molecular flexibility index (Phi) is 4.85. The highest BCUT2D eigenvalue weighted by Gasteiger charge is 2.44. The van der Waals surface area contributed by atoms with Crippen molar-refractivity contribution in [2.75, 3.05) is 0 Å². The van der Waals surface area contributed by atoms with Crippen LogP contribution in [0.2, 0.25) is 0 Å². The standard InChI is InChI=1S/C17H17F3N4O2S/c1-8-5-6-12(26-8)16-21-11(7-27-16)15(25)22-14(17(18,19)20)13-9(2)23-24(4)10(13)3/h5-7,14H,1-4H3,(H,22,25)/t14-/m0/s1. The zero-order valence-electron chi connectivity index (χ0n) is 15.0. The molecule has 27 heavy (non-hydrogen) atoms. The van der Waals surface area contributed by atoms with Gasteiger partial charge in [-0.3, -0.25) is 9.48 Å². The minimum atomic E-state index is -4.68. The number of hydrogen-bond acceptors (Lipinski definition) is 5. The molecule has 0 aliphatic rings. The van der Waals surface area contributed by atoms with Gasteiger partial charge in [-0.15, -0.1) is 11.3 Å². The lowest BCUT2D eigenvalue weighted by Gasteiger charge is -2.22. The predicted octanol–water partition coefficient (Wildman–Crippen LogP) is 4.10. The van der Waals surface area contributed by atoms with Crippen molar-refractivity contribution < 1.29 is 22.4 Å². The molecule has 3 aromatic rings. The van der Waals surface area contributed by atoms with Crippen molar-refractivity contribution >= 4 is 17.2 Å². The Hall–Kier alpha value is -2.62. The molecule has 0 bridgehead atoms. The molecule has 1 N–H and O–H groups in total. The Labute approximate surface area is 157 Å². The molecule has 0 aliphatic carbocycles. The molecule has 3 heterocycles. The van der Waals surface area contributed by atoms with Crippen molar-refractivity contribution in [1.82, 2.24) is 20.1 Å². The van der Waals surface area contributed by atoms with Crippen LogP contribution in [0.4, 0.5) is 13.2 Å². The summed E-state index contributed by atoms with van der Waals surface area (Å²) in [7, 11) is 1.55. The maximum atomic E-state index is 13.6. The summed E-state index contributed by atoms with van der Waals surface area (Å²) >= 11 is 1.12. The first-order chi connectivity index (χ1) is 12.6. The number of aromatic nitrogens is 3. The molecule has 0 unspecified atom stereocenters. The molecule has 6 nitrogen and oxygen atoms in total. The summed E-state index contributed by atoms with van der Waals surface area (Å²) in [6, 6.07) is 1.26. The normalized spacial score (nSPS) is 13.0. The lowest BCUT2D eigenvalue weighted by molar-refractivity contribution is -0.155. The van der Waals surface area contributed by atoms with Gasteiger partial charge in [0.15, 0.2) is 16.8 Å². The van der Waals surface area contributed by atoms with Crippen LogP contribution in [0.1, 0.15) is 39.2 Å². The van der Waals surface area contributed by atoms with Gasteiger partial charge in [-0.05, 0) is 32.9 Å². The molecular weight excluding hydrogens is 381 g/mol. The third-order valence-electron chi connectivity index (χ3n) is 4.14. The molecule has 0 saturated carbocycles. The van der Waals surface area contributed by atoms with Gasteiger partial charge in [-0.2, -0.15) is 18.3 Å². The van der Waals surface area contributed by atoms with Crippen molar-refractivity contribution in [3.63, 3.8) is 0 Å². The second-order valence-corrected chi connectivity index (χ2v) is 6.96. The maximum absolute atomic E-state index is 13.6. The SMILES string of the molecule is Cc1ccc(-c2nc(C(=O)N[C@@H](c3c(C)nn(C)c3C)C(F)(F)F)cs2)o1. The topological polar surface area (TPSA) is 73.0 Å². The van der Waals surface area contributed by atoms with E-state index in [0.29, 0.717) is 22.2 Å². The highest BCUT2D eigenvalue weighted by Crippen LogP contribution is 2.36. The van der Waals surface area contributed by atoms with Crippen molar-refractivity contribution in [1.29, 1.82) is 0 Å². The second-order valence-electron chi connectivity index (χ2n) is 6.10. The van der Waals surface area contributed by atoms with Gasteiger partial charge < -0.3 is 9.73 Å². The minimum absolute atomic E-state index is 0.0598. The number of carbonyl (C=O) groups excluding carboxylic acids is 1. The predicted molar refractivity (Wildman–Crippen MR) is 93.5 cm³/mol. The van der Waals surface area contributed by atoms with Crippen LogP contribution >= 0.6 is 11.3 Å². The summed E-state index contributed by atoms with van der Waals surface area (Å²) in [5, 5.41) is 7.88. The van der Waals surface area contributed by atoms with E-state index in [1.54, 1.807) is 26.1 Å². The number of nitrogens with one attached hydrogen (secondary N) is 1. The van der Waals surface area contributed by atoms with E-state index in [1.165, 1.54) is 23.9 Å². The molecular formula is C17H17F3N4O2S. The number of nitrogens with zero attached hydrogens (tertiary/aromatic N) is 3. The number of rotatable bonds is 4. The smallest absolute Gasteiger partial charge is 0.413 e. The van der Waals surface area contributed by atoms with E-state index in [9.17, 15) is 18.0 Å². The fourth-order valence-corrected chi connectivity index (χ4v) is 3.53. The van der Waals surface area contributed by atoms with Gasteiger partial charge in [0.1, 0.15) is 11.5 Å². The fraction of sp³-hybridized carbons (Fsp3) is 0.353. The molecule has 0 radical (unpaired) electrons. The van der Waals surface area contributed by atoms with Crippen molar-refractivity contribution in [3.05, 3.63) is 45.9 Å². The van der Waals surface area contributed by atoms with Crippen LogP contribution < -0.4 is 5.32 Å². The average Bonchev–Trinajstić information content (AvgIpc) is 3.26. The van der Waals surface area contributed by atoms with Crippen LogP contribution in [0.5, 0.6) is 0 Å². The van der Waals surface area contributed by atoms with Gasteiger partial charge in [0.2, 0.25) is 0 Å². The molecule has 0 fully saturated rings. The van der Waals surface area contributed by atoms with Crippen LogP contribution in [0.15, 0.2) is 21.9 Å². The van der Waals surface area contributed by atoms with E-state index >= 15 is 0 Å². The molecule has 0 aliphatic heterocycles. The molecule has 1 amide bonds. The van der Waals surface area contributed by atoms with Gasteiger partial charge in [0, 0.05) is 23.7 Å². The van der Waals surface area contributed by atoms with Gasteiger partial charge in [0.05, 0.1) is 5.69 Å². The maximum Gasteiger partial charge on any atom is 0.413 e. The van der Waals surface area contributed by atoms with E-state index in [2.05, 4.69) is 15.4 Å². The molecule has 1 atom stereocenters. The van der Waals surface area contributed by atoms with Crippen LogP contribution in [0, 0.1) is 20.8 Å². The Morgan fingerprint density at radius 2 is 2.00 bits per heavy atom. The molecule has 144 valence electrons. The van der Waals surface area contributed by atoms with E-state index in [0.717, 1.165) is 11.3 Å². The van der Waals surface area contributed by atoms with Crippen LogP contribution in [0.3, 0.4) is 0 Å². The Bertz CT molecular complexity index is 987. The summed E-state index contributed by atoms with van der Waals surface area (Å²) in [6.07, 6.45) is -4.68. The first kappa shape index (κ1) is 19.2. The zero-order chi connectivity index (χ0) is 19.9. The zero-order valence-corrected chi connectivity index (χ0v) is 15.8. The van der Waals surface area contributed by atoms with Gasteiger partial charge >= 0.3 is 6.18 Å². The number of alkyl halides is 3. The number of aryl methyl sites for hydroxylation is 3. The third-order valence-corrected chi connectivity index (χ3v) is 5.00. The third kappa shape index (κ3) is 3.75. The lowest BCUT2D eigenvalue weighted by Crippen LogP contribution is -2.39. The monoisotopic (exact) mass is 398 g/mol. The van der Waals surface area contributed by atoms with Crippen LogP contribution in [0.25, 0.3) is 10.8 Å². The van der Waals surface area contributed by atoms with Crippen molar-refractivity contribution in [2.24, 2.45) is 7.05 Å². The number of furan rings is 1. The minimum Gasteiger partial charge on any atom is -0.459 e. The first-order valence-electron chi connectivity index (χ1n) is 7.98. The molecule has 3 rings (SSSR count). The van der Waals surface area contributed by atoms with Crippen LogP contribution in [-0.4, -0.2) is 26.8 Å². The van der Waals surface area contributed by atoms with Crippen molar-refractivity contribution in [3.8, 4) is 10.8 Å². The number of thiazole rings is 1. The van der Waals surface area contributed by atoms with E-state index in [1.807, 2.05) is 0 Å². The van der Waals surface area contributed by atoms with Gasteiger partial charge in [-0.1, -0.05) is 0 Å². The van der Waals surface area contributed by atoms with Crippen LogP contribution in [-0.2, 0) is 7.05 Å². The largest absolute Gasteiger partial charge is 0.459 e. The number of halogens is 3. The molecule has 0 saturated heterocycles. The highest BCUT2D eigenvalue weighted by atomic mass is 32.1. The van der Waals surface area contributed by atoms with Crippen molar-refractivity contribution in [2.45, 2.75) is 33.0 Å². The van der Waals surface area contributed by atoms with E-state index < -0.39 is 18.1 Å².